The summed E-state index contributed by atoms with van der Waals surface area (Å²) < 4.78 is 31.4. The van der Waals surface area contributed by atoms with Crippen LogP contribution in [-0.4, -0.2) is 92.8 Å². The summed E-state index contributed by atoms with van der Waals surface area (Å²) in [6.45, 7) is 4.31. The molecule has 7 atom stereocenters. The third-order valence-electron chi connectivity index (χ3n) is 11.8. The average molecular weight is 816 g/mol. The van der Waals surface area contributed by atoms with Gasteiger partial charge in [-0.25, -0.2) is 8.42 Å². The minimum atomic E-state index is -3.01. The zero-order chi connectivity index (χ0) is 40.9. The number of likely N-dealkylation sites (tertiary alicyclic amines) is 1. The number of aryl methyl sites for hydroxylation is 1. The summed E-state index contributed by atoms with van der Waals surface area (Å²) in [6, 6.07) is 24.5. The Balaban J connectivity index is 0.898. The van der Waals surface area contributed by atoms with Crippen LogP contribution in [0.4, 0.5) is 5.69 Å². The molecule has 2 heterocycles. The van der Waals surface area contributed by atoms with Crippen LogP contribution in [0.25, 0.3) is 10.9 Å². The molecule has 58 heavy (non-hydrogen) atoms. The standard InChI is InChI=1S/C45H61N5O7S/c1-32(57-45(54)17-8-3-2-7-16-40-41(44(53)27-43(40)52)22-21-39(51)20-18-33-11-5-4-6-12-33)50(58(55)56)30-35-14-9-13-34(25-35)29-49-24-10-15-38(31-49)47-37-19-23-42-36(26-37)28-46-48-42/h2,4-7,9,11-14,19,23,25-26,28,32,38-41,43-44,47,51-53,58H,3,8,10,15-18,20-22,24,27,29-31H2,1H3,(H,46,48)/t32?,38-,39-,40+,41+,43+,44+/m0/s1. The van der Waals surface area contributed by atoms with Crippen molar-refractivity contribution in [2.75, 3.05) is 18.4 Å². The lowest BCUT2D eigenvalue weighted by Crippen LogP contribution is -2.41. The molecule has 12 nitrogen and oxygen atoms in total. The number of rotatable bonds is 21. The molecule has 1 saturated heterocycles. The second-order valence-corrected chi connectivity index (χ2v) is 17.2. The van der Waals surface area contributed by atoms with E-state index in [0.29, 0.717) is 51.0 Å². The van der Waals surface area contributed by atoms with Crippen LogP contribution < -0.4 is 5.32 Å². The van der Waals surface area contributed by atoms with E-state index in [9.17, 15) is 28.5 Å². The van der Waals surface area contributed by atoms with Crippen LogP contribution in [0.2, 0.25) is 0 Å². The van der Waals surface area contributed by atoms with Gasteiger partial charge < -0.3 is 25.4 Å². The molecule has 4 aromatic rings. The van der Waals surface area contributed by atoms with Gasteiger partial charge in [0.1, 0.15) is 0 Å². The number of nitrogens with one attached hydrogen (secondary N) is 2. The van der Waals surface area contributed by atoms with Crippen LogP contribution in [-0.2, 0) is 39.9 Å². The zero-order valence-electron chi connectivity index (χ0n) is 33.6. The third kappa shape index (κ3) is 12.9. The molecule has 1 aliphatic heterocycles. The van der Waals surface area contributed by atoms with Gasteiger partial charge in [0, 0.05) is 43.2 Å². The largest absolute Gasteiger partial charge is 0.446 e. The summed E-state index contributed by atoms with van der Waals surface area (Å²) in [7, 11) is -3.01. The third-order valence-corrected chi connectivity index (χ3v) is 12.7. The molecular weight excluding hydrogens is 755 g/mol. The molecule has 1 unspecified atom stereocenters. The molecule has 0 bridgehead atoms. The number of aromatic nitrogens is 2. The van der Waals surface area contributed by atoms with Crippen molar-refractivity contribution < 1.29 is 33.3 Å². The molecule has 0 amide bonds. The maximum absolute atomic E-state index is 12.7. The number of allylic oxidation sites excluding steroid dienone is 2. The second-order valence-electron chi connectivity index (χ2n) is 16.2. The highest BCUT2D eigenvalue weighted by atomic mass is 32.2. The van der Waals surface area contributed by atoms with E-state index in [0.717, 1.165) is 66.6 Å². The summed E-state index contributed by atoms with van der Waals surface area (Å²) in [5.41, 5.74) is 5.20. The Morgan fingerprint density at radius 2 is 1.81 bits per heavy atom. The molecular formula is C45H61N5O7S. The number of aromatic amines is 1. The Labute approximate surface area is 344 Å². The first-order chi connectivity index (χ1) is 28.1. The number of carbonyl (C=O) groups is 1. The Kier molecular flexibility index (Phi) is 16.3. The number of hydrogen-bond acceptors (Lipinski definition) is 10. The Morgan fingerprint density at radius 3 is 2.64 bits per heavy atom. The highest BCUT2D eigenvalue weighted by Gasteiger charge is 2.40. The quantitative estimate of drug-likeness (QED) is 0.0190. The highest BCUT2D eigenvalue weighted by molar-refractivity contribution is 7.69. The number of unbranched alkanes of at least 4 members (excludes halogenated alkanes) is 1. The predicted molar refractivity (Wildman–Crippen MR) is 227 cm³/mol. The maximum Gasteiger partial charge on any atom is 0.307 e. The van der Waals surface area contributed by atoms with Gasteiger partial charge in [-0.1, -0.05) is 66.7 Å². The van der Waals surface area contributed by atoms with Crippen molar-refractivity contribution in [1.29, 1.82) is 0 Å². The van der Waals surface area contributed by atoms with Crippen LogP contribution in [0.15, 0.2) is 91.1 Å². The van der Waals surface area contributed by atoms with E-state index >= 15 is 0 Å². The van der Waals surface area contributed by atoms with E-state index in [4.69, 9.17) is 4.74 Å². The minimum Gasteiger partial charge on any atom is -0.446 e. The maximum atomic E-state index is 12.7. The van der Waals surface area contributed by atoms with Gasteiger partial charge in [0.2, 0.25) is 10.9 Å². The number of fused-ring (bicyclic) bond motifs is 1. The Hall–Kier alpha value is -4.11. The lowest BCUT2D eigenvalue weighted by atomic mass is 9.85. The molecule has 3 aromatic carbocycles. The van der Waals surface area contributed by atoms with E-state index in [-0.39, 0.29) is 24.8 Å². The average Bonchev–Trinajstić information content (AvgIpc) is 3.79. The number of anilines is 1. The van der Waals surface area contributed by atoms with Crippen molar-refractivity contribution in [2.45, 2.75) is 121 Å². The highest BCUT2D eigenvalue weighted by Crippen LogP contribution is 2.38. The van der Waals surface area contributed by atoms with Gasteiger partial charge in [0.05, 0.1) is 30.0 Å². The fourth-order valence-electron chi connectivity index (χ4n) is 8.63. The lowest BCUT2D eigenvalue weighted by molar-refractivity contribution is -0.153. The van der Waals surface area contributed by atoms with Gasteiger partial charge in [-0.3, -0.25) is 14.8 Å². The van der Waals surface area contributed by atoms with Crippen molar-refractivity contribution in [3.63, 3.8) is 0 Å². The van der Waals surface area contributed by atoms with Crippen LogP contribution in [0.1, 0.15) is 87.8 Å². The van der Waals surface area contributed by atoms with Crippen molar-refractivity contribution in [2.24, 2.45) is 11.8 Å². The number of nitrogens with zero attached hydrogens (tertiary/aromatic N) is 3. The van der Waals surface area contributed by atoms with E-state index in [2.05, 4.69) is 50.7 Å². The van der Waals surface area contributed by atoms with Crippen molar-refractivity contribution in [3.05, 3.63) is 108 Å². The molecule has 314 valence electrons. The van der Waals surface area contributed by atoms with E-state index < -0.39 is 41.4 Å². The molecule has 2 aliphatic rings. The molecule has 0 spiro atoms. The SMILES string of the molecule is CC(OC(=O)CCCC=CC[C@@H]1[C@@H](CC[C@@H](O)CCc2ccccc2)[C@H](O)C[C@H]1O)N(Cc1cccc(CN2CCC[C@H](Nc3ccc4[nH]ncc4c3)C2)c1)[SH](=O)=O. The zero-order valence-corrected chi connectivity index (χ0v) is 34.5. The Bertz CT molecular complexity index is 1980. The number of aliphatic hydroxyl groups is 3. The van der Waals surface area contributed by atoms with E-state index in [1.807, 2.05) is 60.8 Å². The van der Waals surface area contributed by atoms with Crippen molar-refractivity contribution in [3.8, 4) is 0 Å². The number of H-pyrrole nitrogens is 1. The number of benzene rings is 3. The number of thiol groups is 1. The van der Waals surface area contributed by atoms with Crippen LogP contribution in [0, 0.1) is 11.8 Å². The smallest absolute Gasteiger partial charge is 0.307 e. The number of ether oxygens (including phenoxy) is 1. The number of carbonyl (C=O) groups excluding carboxylic acids is 1. The van der Waals surface area contributed by atoms with E-state index in [1.165, 1.54) is 9.87 Å². The van der Waals surface area contributed by atoms with Gasteiger partial charge in [-0.15, -0.1) is 0 Å². The van der Waals surface area contributed by atoms with Crippen LogP contribution in [0.5, 0.6) is 0 Å². The molecule has 2 fully saturated rings. The van der Waals surface area contributed by atoms with Crippen molar-refractivity contribution in [1.82, 2.24) is 19.4 Å². The molecule has 13 heteroatoms. The first-order valence-corrected chi connectivity index (χ1v) is 22.1. The van der Waals surface area contributed by atoms with Crippen molar-refractivity contribution >= 4 is 33.4 Å². The molecule has 6 rings (SSSR count). The van der Waals surface area contributed by atoms with Crippen LogP contribution in [0.3, 0.4) is 0 Å². The second kappa shape index (κ2) is 21.8. The number of piperidine rings is 1. The van der Waals surface area contributed by atoms with Gasteiger partial charge in [-0.05, 0) is 124 Å². The van der Waals surface area contributed by atoms with Gasteiger partial charge in [-0.2, -0.15) is 9.40 Å². The monoisotopic (exact) mass is 815 g/mol. The predicted octanol–water partition coefficient (Wildman–Crippen LogP) is 6.11. The summed E-state index contributed by atoms with van der Waals surface area (Å²) in [5, 5.41) is 43.8. The first kappa shape index (κ1) is 43.5. The van der Waals surface area contributed by atoms with Crippen LogP contribution >= 0.6 is 0 Å². The number of hydrogen-bond donors (Lipinski definition) is 6. The minimum absolute atomic E-state index is 0.0823. The fourth-order valence-corrected chi connectivity index (χ4v) is 9.23. The molecule has 1 aliphatic carbocycles. The summed E-state index contributed by atoms with van der Waals surface area (Å²) in [6.07, 6.45) is 10.3. The number of esters is 1. The fraction of sp³-hybridized carbons (Fsp3) is 0.511. The number of aliphatic hydroxyl groups excluding tert-OH is 3. The van der Waals surface area contributed by atoms with Gasteiger partial charge in [0.15, 0.2) is 6.23 Å². The van der Waals surface area contributed by atoms with Gasteiger partial charge in [0.25, 0.3) is 0 Å². The molecule has 1 saturated carbocycles. The summed E-state index contributed by atoms with van der Waals surface area (Å²) in [5.74, 6) is -0.635. The lowest BCUT2D eigenvalue weighted by Gasteiger charge is -2.34. The topological polar surface area (TPSA) is 168 Å². The molecule has 5 N–H and O–H groups in total. The van der Waals surface area contributed by atoms with Gasteiger partial charge >= 0.3 is 5.97 Å². The normalized spacial score (nSPS) is 22.6. The Morgan fingerprint density at radius 1 is 1.02 bits per heavy atom. The summed E-state index contributed by atoms with van der Waals surface area (Å²) >= 11 is 0. The first-order valence-electron chi connectivity index (χ1n) is 20.9. The summed E-state index contributed by atoms with van der Waals surface area (Å²) in [4.78, 5) is 15.2. The molecule has 0 radical (unpaired) electrons. The van der Waals surface area contributed by atoms with E-state index in [1.54, 1.807) is 6.92 Å². The molecule has 1 aromatic heterocycles.